The van der Waals surface area contributed by atoms with E-state index in [-0.39, 0.29) is 11.9 Å². The van der Waals surface area contributed by atoms with Crippen LogP contribution >= 0.6 is 34.2 Å². The van der Waals surface area contributed by atoms with Crippen LogP contribution in [0.5, 0.6) is 0 Å². The zero-order valence-corrected chi connectivity index (χ0v) is 14.0. The molecule has 0 radical (unpaired) electrons. The molecule has 1 N–H and O–H groups in total. The first kappa shape index (κ1) is 15.1. The predicted molar refractivity (Wildman–Crippen MR) is 87.7 cm³/mol. The molecule has 0 heterocycles. The molecule has 1 aliphatic rings. The predicted octanol–water partition coefficient (Wildman–Crippen LogP) is 4.64. The van der Waals surface area contributed by atoms with Crippen molar-refractivity contribution in [1.29, 1.82) is 0 Å². The Labute approximate surface area is 133 Å². The van der Waals surface area contributed by atoms with Gasteiger partial charge in [0.1, 0.15) is 0 Å². The number of nitrogens with one attached hydrogen (secondary N) is 1. The van der Waals surface area contributed by atoms with Crippen LogP contribution in [-0.2, 0) is 0 Å². The minimum absolute atomic E-state index is 0.00928. The molecule has 1 unspecified atom stereocenters. The summed E-state index contributed by atoms with van der Waals surface area (Å²) < 4.78 is 0.940. The van der Waals surface area contributed by atoms with Gasteiger partial charge in [0, 0.05) is 14.6 Å². The number of benzene rings is 1. The van der Waals surface area contributed by atoms with Crippen LogP contribution in [0.25, 0.3) is 0 Å². The molecule has 1 atom stereocenters. The third-order valence-corrected chi connectivity index (χ3v) is 5.06. The summed E-state index contributed by atoms with van der Waals surface area (Å²) in [5.41, 5.74) is 0.677. The molecule has 2 rings (SSSR count). The van der Waals surface area contributed by atoms with Gasteiger partial charge in [0.15, 0.2) is 0 Å². The van der Waals surface area contributed by atoms with Crippen molar-refractivity contribution in [2.45, 2.75) is 45.1 Å². The first-order valence-corrected chi connectivity index (χ1v) is 8.29. The highest BCUT2D eigenvalue weighted by Gasteiger charge is 2.22. The van der Waals surface area contributed by atoms with Crippen LogP contribution in [-0.4, -0.2) is 11.9 Å². The van der Waals surface area contributed by atoms with Crippen LogP contribution in [0.4, 0.5) is 0 Å². The Bertz CT molecular complexity index is 457. The van der Waals surface area contributed by atoms with E-state index in [9.17, 15) is 4.79 Å². The number of carbonyl (C=O) groups excluding carboxylic acids is 1. The number of hydrogen-bond donors (Lipinski definition) is 1. The number of carbonyl (C=O) groups is 1. The fourth-order valence-corrected chi connectivity index (χ4v) is 3.46. The van der Waals surface area contributed by atoms with E-state index in [1.54, 1.807) is 6.07 Å². The lowest BCUT2D eigenvalue weighted by atomic mass is 9.84. The molecule has 4 heteroatoms. The molecule has 1 saturated carbocycles. The minimum atomic E-state index is -0.00928. The highest BCUT2D eigenvalue weighted by Crippen LogP contribution is 2.26. The number of halogens is 2. The molecule has 0 aliphatic heterocycles. The molecule has 0 bridgehead atoms. The molecular weight excluding hydrogens is 373 g/mol. The molecule has 0 spiro atoms. The van der Waals surface area contributed by atoms with E-state index >= 15 is 0 Å². The van der Waals surface area contributed by atoms with Crippen molar-refractivity contribution in [3.8, 4) is 0 Å². The summed E-state index contributed by atoms with van der Waals surface area (Å²) in [5.74, 6) is 0.611. The molecule has 1 aliphatic carbocycles. The average molecular weight is 392 g/mol. The maximum Gasteiger partial charge on any atom is 0.252 e. The first-order valence-electron chi connectivity index (χ1n) is 6.84. The van der Waals surface area contributed by atoms with Crippen molar-refractivity contribution in [2.75, 3.05) is 0 Å². The van der Waals surface area contributed by atoms with E-state index in [1.807, 2.05) is 12.1 Å². The van der Waals surface area contributed by atoms with E-state index in [4.69, 9.17) is 11.6 Å². The third kappa shape index (κ3) is 4.09. The van der Waals surface area contributed by atoms with Gasteiger partial charge in [-0.15, -0.1) is 0 Å². The van der Waals surface area contributed by atoms with Gasteiger partial charge >= 0.3 is 0 Å². The van der Waals surface area contributed by atoms with Crippen molar-refractivity contribution in [3.63, 3.8) is 0 Å². The number of hydrogen-bond acceptors (Lipinski definition) is 1. The van der Waals surface area contributed by atoms with Gasteiger partial charge in [-0.1, -0.05) is 30.9 Å². The van der Waals surface area contributed by atoms with Gasteiger partial charge in [-0.2, -0.15) is 0 Å². The van der Waals surface area contributed by atoms with Gasteiger partial charge in [0.25, 0.3) is 5.91 Å². The molecular formula is C15H19ClINO. The summed E-state index contributed by atoms with van der Waals surface area (Å²) in [4.78, 5) is 12.3. The highest BCUT2D eigenvalue weighted by molar-refractivity contribution is 14.1. The standard InChI is InChI=1S/C15H19ClINO/c1-10(11-5-3-2-4-6-11)18-15(19)13-9-12(16)7-8-14(13)17/h7-11H,2-6H2,1H3,(H,18,19). The van der Waals surface area contributed by atoms with Crippen LogP contribution in [0.15, 0.2) is 18.2 Å². The van der Waals surface area contributed by atoms with Gasteiger partial charge in [-0.25, -0.2) is 0 Å². The lowest BCUT2D eigenvalue weighted by molar-refractivity contribution is 0.0918. The Kier molecular flexibility index (Phi) is 5.51. The second kappa shape index (κ2) is 6.93. The second-order valence-electron chi connectivity index (χ2n) is 5.28. The normalized spacial score (nSPS) is 18.1. The smallest absolute Gasteiger partial charge is 0.252 e. The van der Waals surface area contributed by atoms with Gasteiger partial charge in [-0.05, 0) is 66.5 Å². The molecule has 0 saturated heterocycles. The van der Waals surface area contributed by atoms with E-state index in [2.05, 4.69) is 34.8 Å². The SMILES string of the molecule is CC(NC(=O)c1cc(Cl)ccc1I)C1CCCCC1. The van der Waals surface area contributed by atoms with E-state index in [1.165, 1.54) is 32.1 Å². The molecule has 104 valence electrons. The molecule has 0 aromatic heterocycles. The van der Waals surface area contributed by atoms with Crippen molar-refractivity contribution in [1.82, 2.24) is 5.32 Å². The second-order valence-corrected chi connectivity index (χ2v) is 6.88. The van der Waals surface area contributed by atoms with Crippen LogP contribution < -0.4 is 5.32 Å². The van der Waals surface area contributed by atoms with Crippen LogP contribution in [0.3, 0.4) is 0 Å². The van der Waals surface area contributed by atoms with Crippen molar-refractivity contribution in [2.24, 2.45) is 5.92 Å². The number of rotatable bonds is 3. The Balaban J connectivity index is 2.01. The Morgan fingerprint density at radius 1 is 1.37 bits per heavy atom. The molecule has 19 heavy (non-hydrogen) atoms. The average Bonchev–Trinajstić information content (AvgIpc) is 2.42. The summed E-state index contributed by atoms with van der Waals surface area (Å²) in [5, 5.41) is 3.74. The minimum Gasteiger partial charge on any atom is -0.349 e. The lowest BCUT2D eigenvalue weighted by Gasteiger charge is -2.28. The summed E-state index contributed by atoms with van der Waals surface area (Å²) in [6, 6.07) is 5.67. The third-order valence-electron chi connectivity index (χ3n) is 3.89. The van der Waals surface area contributed by atoms with Gasteiger partial charge in [0.05, 0.1) is 5.56 Å². The molecule has 1 aromatic rings. The van der Waals surface area contributed by atoms with Gasteiger partial charge in [-0.3, -0.25) is 4.79 Å². The fourth-order valence-electron chi connectivity index (χ4n) is 2.71. The molecule has 1 fully saturated rings. The Morgan fingerprint density at radius 2 is 2.05 bits per heavy atom. The zero-order chi connectivity index (χ0) is 13.8. The molecule has 1 amide bonds. The summed E-state index contributed by atoms with van der Waals surface area (Å²) in [6.45, 7) is 2.12. The number of amides is 1. The Hall–Kier alpha value is -0.290. The van der Waals surface area contributed by atoms with Crippen LogP contribution in [0.1, 0.15) is 49.4 Å². The fraction of sp³-hybridized carbons (Fsp3) is 0.533. The summed E-state index contributed by atoms with van der Waals surface area (Å²) in [6.07, 6.45) is 6.38. The van der Waals surface area contributed by atoms with Crippen molar-refractivity contribution < 1.29 is 4.79 Å². The maximum atomic E-state index is 12.3. The highest BCUT2D eigenvalue weighted by atomic mass is 127. The van der Waals surface area contributed by atoms with Crippen LogP contribution in [0.2, 0.25) is 5.02 Å². The lowest BCUT2D eigenvalue weighted by Crippen LogP contribution is -2.39. The topological polar surface area (TPSA) is 29.1 Å². The Morgan fingerprint density at radius 3 is 2.74 bits per heavy atom. The van der Waals surface area contributed by atoms with E-state index < -0.39 is 0 Å². The first-order chi connectivity index (χ1) is 9.08. The molecule has 2 nitrogen and oxygen atoms in total. The van der Waals surface area contributed by atoms with Crippen molar-refractivity contribution in [3.05, 3.63) is 32.4 Å². The van der Waals surface area contributed by atoms with Crippen molar-refractivity contribution >= 4 is 40.1 Å². The molecule has 1 aromatic carbocycles. The van der Waals surface area contributed by atoms with Crippen LogP contribution in [0, 0.1) is 9.49 Å². The summed E-state index contributed by atoms with van der Waals surface area (Å²) >= 11 is 8.14. The quantitative estimate of drug-likeness (QED) is 0.747. The van der Waals surface area contributed by atoms with E-state index in [0.29, 0.717) is 16.5 Å². The maximum absolute atomic E-state index is 12.3. The van der Waals surface area contributed by atoms with E-state index in [0.717, 1.165) is 3.57 Å². The monoisotopic (exact) mass is 391 g/mol. The van der Waals surface area contributed by atoms with Gasteiger partial charge in [0.2, 0.25) is 0 Å². The van der Waals surface area contributed by atoms with Gasteiger partial charge < -0.3 is 5.32 Å². The largest absolute Gasteiger partial charge is 0.349 e. The zero-order valence-electron chi connectivity index (χ0n) is 11.1. The summed E-state index contributed by atoms with van der Waals surface area (Å²) in [7, 11) is 0.